The van der Waals surface area contributed by atoms with E-state index in [0.717, 1.165) is 40.7 Å². The number of rotatable bonds is 9. The van der Waals surface area contributed by atoms with Crippen LogP contribution in [0.25, 0.3) is 10.9 Å². The van der Waals surface area contributed by atoms with E-state index in [1.165, 1.54) is 0 Å². The molecular weight excluding hydrogens is 338 g/mol. The third kappa shape index (κ3) is 5.11. The van der Waals surface area contributed by atoms with Gasteiger partial charge in [0.2, 0.25) is 5.88 Å². The van der Waals surface area contributed by atoms with Gasteiger partial charge in [-0.15, -0.1) is 0 Å². The van der Waals surface area contributed by atoms with E-state index in [9.17, 15) is 0 Å². The molecule has 27 heavy (non-hydrogen) atoms. The van der Waals surface area contributed by atoms with Crippen LogP contribution in [-0.4, -0.2) is 24.7 Å². The van der Waals surface area contributed by atoms with Crippen LogP contribution in [-0.2, 0) is 6.61 Å². The molecule has 0 aliphatic rings. The maximum atomic E-state index is 5.89. The van der Waals surface area contributed by atoms with Crippen molar-refractivity contribution in [2.75, 3.05) is 19.0 Å². The van der Waals surface area contributed by atoms with Crippen molar-refractivity contribution in [1.82, 2.24) is 4.98 Å². The van der Waals surface area contributed by atoms with Gasteiger partial charge in [0.15, 0.2) is 0 Å². The third-order valence-corrected chi connectivity index (χ3v) is 4.45. The zero-order valence-corrected chi connectivity index (χ0v) is 15.9. The average molecular weight is 365 g/mol. The lowest BCUT2D eigenvalue weighted by molar-refractivity contribution is 0.295. The molecule has 3 rings (SSSR count). The summed E-state index contributed by atoms with van der Waals surface area (Å²) < 4.78 is 11.3. The number of aromatic nitrogens is 1. The van der Waals surface area contributed by atoms with Gasteiger partial charge in [-0.05, 0) is 44.0 Å². The highest BCUT2D eigenvalue weighted by atomic mass is 16.5. The Kier molecular flexibility index (Phi) is 6.49. The van der Waals surface area contributed by atoms with Crippen LogP contribution in [0.1, 0.15) is 25.3 Å². The Morgan fingerprint density at radius 1 is 1.11 bits per heavy atom. The average Bonchev–Trinajstić information content (AvgIpc) is 2.71. The molecule has 2 aromatic carbocycles. The number of benzene rings is 2. The summed E-state index contributed by atoms with van der Waals surface area (Å²) in [5, 5.41) is 4.55. The Morgan fingerprint density at radius 2 is 1.93 bits per heavy atom. The highest BCUT2D eigenvalue weighted by molar-refractivity contribution is 5.92. The summed E-state index contributed by atoms with van der Waals surface area (Å²) in [5.74, 6) is 1.41. The van der Waals surface area contributed by atoms with Gasteiger partial charge in [0.05, 0.1) is 18.3 Å². The normalized spacial score (nSPS) is 12.0. The highest BCUT2D eigenvalue weighted by Gasteiger charge is 2.11. The molecule has 0 radical (unpaired) electrons. The molecule has 1 aromatic heterocycles. The van der Waals surface area contributed by atoms with Gasteiger partial charge in [0.1, 0.15) is 12.4 Å². The molecule has 3 N–H and O–H groups in total. The van der Waals surface area contributed by atoms with E-state index in [1.807, 2.05) is 54.6 Å². The van der Waals surface area contributed by atoms with E-state index in [2.05, 4.69) is 12.2 Å². The molecule has 3 aromatic rings. The molecule has 0 bridgehead atoms. The molecule has 5 heteroatoms. The molecule has 0 aliphatic heterocycles. The van der Waals surface area contributed by atoms with E-state index in [1.54, 1.807) is 7.11 Å². The first-order valence-corrected chi connectivity index (χ1v) is 9.31. The number of hydrogen-bond donors (Lipinski definition) is 2. The Hall–Kier alpha value is -2.79. The SMILES string of the molecule is COc1cc(NC(C)CCCN)c2nc(OCc3ccccc3)ccc2c1. The molecule has 0 saturated heterocycles. The smallest absolute Gasteiger partial charge is 0.214 e. The first-order chi connectivity index (χ1) is 13.2. The maximum Gasteiger partial charge on any atom is 0.214 e. The number of nitrogens with zero attached hydrogens (tertiary/aromatic N) is 1. The predicted octanol–water partition coefficient (Wildman–Crippen LogP) is 4.36. The number of methoxy groups -OCH3 is 1. The number of fused-ring (bicyclic) bond motifs is 1. The van der Waals surface area contributed by atoms with Gasteiger partial charge in [-0.3, -0.25) is 0 Å². The minimum atomic E-state index is 0.291. The Labute approximate surface area is 160 Å². The van der Waals surface area contributed by atoms with E-state index in [0.29, 0.717) is 25.1 Å². The predicted molar refractivity (Wildman–Crippen MR) is 110 cm³/mol. The monoisotopic (exact) mass is 365 g/mol. The summed E-state index contributed by atoms with van der Waals surface area (Å²) >= 11 is 0. The van der Waals surface area contributed by atoms with Gasteiger partial charge in [0.25, 0.3) is 0 Å². The topological polar surface area (TPSA) is 69.4 Å². The van der Waals surface area contributed by atoms with Gasteiger partial charge in [0, 0.05) is 23.6 Å². The van der Waals surface area contributed by atoms with Crippen molar-refractivity contribution in [3.05, 3.63) is 60.2 Å². The molecule has 0 fully saturated rings. The van der Waals surface area contributed by atoms with E-state index in [4.69, 9.17) is 20.2 Å². The zero-order chi connectivity index (χ0) is 19.1. The van der Waals surface area contributed by atoms with E-state index >= 15 is 0 Å². The summed E-state index contributed by atoms with van der Waals surface area (Å²) in [6.45, 7) is 3.34. The van der Waals surface area contributed by atoms with Crippen molar-refractivity contribution in [2.24, 2.45) is 5.73 Å². The molecule has 0 saturated carbocycles. The molecular formula is C22H27N3O2. The summed E-state index contributed by atoms with van der Waals surface area (Å²) in [4.78, 5) is 4.73. The minimum Gasteiger partial charge on any atom is -0.497 e. The lowest BCUT2D eigenvalue weighted by atomic mass is 10.1. The van der Waals surface area contributed by atoms with Gasteiger partial charge in [-0.1, -0.05) is 30.3 Å². The van der Waals surface area contributed by atoms with Crippen LogP contribution in [0.2, 0.25) is 0 Å². The fraction of sp³-hybridized carbons (Fsp3) is 0.318. The number of ether oxygens (including phenoxy) is 2. The number of nitrogens with one attached hydrogen (secondary N) is 1. The van der Waals surface area contributed by atoms with E-state index in [-0.39, 0.29) is 0 Å². The van der Waals surface area contributed by atoms with Crippen LogP contribution in [0.3, 0.4) is 0 Å². The van der Waals surface area contributed by atoms with Crippen molar-refractivity contribution >= 4 is 16.6 Å². The Balaban J connectivity index is 1.85. The summed E-state index contributed by atoms with van der Waals surface area (Å²) in [5.41, 5.74) is 8.56. The third-order valence-electron chi connectivity index (χ3n) is 4.45. The van der Waals surface area contributed by atoms with Crippen LogP contribution < -0.4 is 20.5 Å². The molecule has 0 spiro atoms. The number of anilines is 1. The second-order valence-electron chi connectivity index (χ2n) is 6.65. The van der Waals surface area contributed by atoms with Gasteiger partial charge < -0.3 is 20.5 Å². The fourth-order valence-electron chi connectivity index (χ4n) is 2.99. The Morgan fingerprint density at radius 3 is 2.67 bits per heavy atom. The van der Waals surface area contributed by atoms with Crippen molar-refractivity contribution in [3.63, 3.8) is 0 Å². The first-order valence-electron chi connectivity index (χ1n) is 9.31. The number of hydrogen-bond acceptors (Lipinski definition) is 5. The standard InChI is InChI=1S/C22H27N3O2/c1-16(7-6-12-23)24-20-14-19(26-2)13-18-10-11-21(25-22(18)20)27-15-17-8-4-3-5-9-17/h3-5,8-11,13-14,16,24H,6-7,12,15,23H2,1-2H3. The van der Waals surface area contributed by atoms with Gasteiger partial charge >= 0.3 is 0 Å². The van der Waals surface area contributed by atoms with Crippen LogP contribution in [0.4, 0.5) is 5.69 Å². The van der Waals surface area contributed by atoms with Crippen molar-refractivity contribution in [1.29, 1.82) is 0 Å². The molecule has 5 nitrogen and oxygen atoms in total. The van der Waals surface area contributed by atoms with Crippen molar-refractivity contribution in [3.8, 4) is 11.6 Å². The molecule has 0 aliphatic carbocycles. The summed E-state index contributed by atoms with van der Waals surface area (Å²) in [6, 6.07) is 18.2. The lowest BCUT2D eigenvalue weighted by Gasteiger charge is -2.17. The zero-order valence-electron chi connectivity index (χ0n) is 15.9. The largest absolute Gasteiger partial charge is 0.497 e. The minimum absolute atomic E-state index is 0.291. The molecule has 1 atom stereocenters. The van der Waals surface area contributed by atoms with Gasteiger partial charge in [-0.25, -0.2) is 4.98 Å². The highest BCUT2D eigenvalue weighted by Crippen LogP contribution is 2.30. The fourth-order valence-corrected chi connectivity index (χ4v) is 2.99. The number of nitrogens with two attached hydrogens (primary N) is 1. The Bertz CT molecular complexity index is 868. The van der Waals surface area contributed by atoms with Crippen LogP contribution in [0, 0.1) is 0 Å². The quantitative estimate of drug-likeness (QED) is 0.589. The summed E-state index contributed by atoms with van der Waals surface area (Å²) in [7, 11) is 1.67. The lowest BCUT2D eigenvalue weighted by Crippen LogP contribution is -2.17. The van der Waals surface area contributed by atoms with Gasteiger partial charge in [-0.2, -0.15) is 0 Å². The molecule has 1 heterocycles. The number of pyridine rings is 1. The first kappa shape index (κ1) is 19.0. The molecule has 0 amide bonds. The van der Waals surface area contributed by atoms with Crippen LogP contribution in [0.15, 0.2) is 54.6 Å². The molecule has 1 unspecified atom stereocenters. The second kappa shape index (κ2) is 9.24. The maximum absolute atomic E-state index is 5.89. The van der Waals surface area contributed by atoms with E-state index < -0.39 is 0 Å². The van der Waals surface area contributed by atoms with Crippen LogP contribution in [0.5, 0.6) is 11.6 Å². The molecule has 142 valence electrons. The summed E-state index contributed by atoms with van der Waals surface area (Å²) in [6.07, 6.45) is 1.98. The van der Waals surface area contributed by atoms with Crippen molar-refractivity contribution in [2.45, 2.75) is 32.4 Å². The van der Waals surface area contributed by atoms with Crippen molar-refractivity contribution < 1.29 is 9.47 Å². The second-order valence-corrected chi connectivity index (χ2v) is 6.65. The van der Waals surface area contributed by atoms with Crippen LogP contribution >= 0.6 is 0 Å².